The average Bonchev–Trinajstić information content (AvgIpc) is 3.09. The largest absolute Gasteiger partial charge is 0.497 e. The minimum absolute atomic E-state index is 0.152. The lowest BCUT2D eigenvalue weighted by molar-refractivity contribution is -0.136. The van der Waals surface area contributed by atoms with Crippen molar-refractivity contribution in [2.45, 2.75) is 13.5 Å². The molecule has 0 unspecified atom stereocenters. The van der Waals surface area contributed by atoms with Crippen LogP contribution in [0.15, 0.2) is 66.7 Å². The molecular weight excluding hydrogens is 418 g/mol. The number of imide groups is 1. The highest BCUT2D eigenvalue weighted by Gasteiger charge is 2.40. The highest BCUT2D eigenvalue weighted by molar-refractivity contribution is 6.49. The van der Waals surface area contributed by atoms with Crippen molar-refractivity contribution in [2.75, 3.05) is 21.3 Å². The number of carbonyl (C=O) groups is 2. The molecular formula is C27H25NO5. The summed E-state index contributed by atoms with van der Waals surface area (Å²) >= 11 is 0. The van der Waals surface area contributed by atoms with E-state index in [1.54, 1.807) is 32.4 Å². The maximum absolute atomic E-state index is 13.7. The zero-order chi connectivity index (χ0) is 23.5. The van der Waals surface area contributed by atoms with E-state index in [0.717, 1.165) is 11.1 Å². The quantitative estimate of drug-likeness (QED) is 0.503. The molecule has 33 heavy (non-hydrogen) atoms. The minimum Gasteiger partial charge on any atom is -0.497 e. The van der Waals surface area contributed by atoms with Gasteiger partial charge in [0.1, 0.15) is 17.2 Å². The molecule has 0 aliphatic carbocycles. The van der Waals surface area contributed by atoms with E-state index in [1.807, 2.05) is 55.5 Å². The van der Waals surface area contributed by atoms with Crippen molar-refractivity contribution in [1.82, 2.24) is 4.90 Å². The molecule has 0 spiro atoms. The van der Waals surface area contributed by atoms with Gasteiger partial charge in [0.05, 0.1) is 39.0 Å². The van der Waals surface area contributed by atoms with Gasteiger partial charge in [-0.15, -0.1) is 0 Å². The monoisotopic (exact) mass is 443 g/mol. The predicted octanol–water partition coefficient (Wildman–Crippen LogP) is 4.50. The van der Waals surface area contributed by atoms with Crippen LogP contribution < -0.4 is 14.2 Å². The van der Waals surface area contributed by atoms with E-state index in [4.69, 9.17) is 14.2 Å². The van der Waals surface area contributed by atoms with Crippen LogP contribution in [0.4, 0.5) is 0 Å². The fourth-order valence-corrected chi connectivity index (χ4v) is 3.88. The van der Waals surface area contributed by atoms with Crippen LogP contribution >= 0.6 is 0 Å². The number of hydrogen-bond donors (Lipinski definition) is 0. The van der Waals surface area contributed by atoms with E-state index in [0.29, 0.717) is 39.5 Å². The Kier molecular flexibility index (Phi) is 6.18. The van der Waals surface area contributed by atoms with E-state index < -0.39 is 0 Å². The Labute approximate surface area is 193 Å². The van der Waals surface area contributed by atoms with E-state index in [1.165, 1.54) is 12.0 Å². The summed E-state index contributed by atoms with van der Waals surface area (Å²) in [4.78, 5) is 28.5. The van der Waals surface area contributed by atoms with Gasteiger partial charge >= 0.3 is 0 Å². The standard InChI is InChI=1S/C27H25NO5/c1-17-5-9-19(10-6-17)24-25(22-14-13-21(32-3)15-23(22)33-4)27(30)28(26(24)29)16-18-7-11-20(31-2)12-8-18/h5-15H,16H2,1-4H3. The van der Waals surface area contributed by atoms with Crippen LogP contribution in [0.1, 0.15) is 22.3 Å². The number of carbonyl (C=O) groups excluding carboxylic acids is 2. The van der Waals surface area contributed by atoms with E-state index in [9.17, 15) is 9.59 Å². The molecule has 3 aromatic rings. The van der Waals surface area contributed by atoms with Crippen LogP contribution in [0.5, 0.6) is 17.2 Å². The summed E-state index contributed by atoms with van der Waals surface area (Å²) in [6.45, 7) is 2.13. The first-order valence-electron chi connectivity index (χ1n) is 10.5. The van der Waals surface area contributed by atoms with Gasteiger partial charge in [0, 0.05) is 11.6 Å². The van der Waals surface area contributed by atoms with Gasteiger partial charge in [-0.25, -0.2) is 0 Å². The molecule has 0 saturated carbocycles. The molecule has 1 aliphatic heterocycles. The van der Waals surface area contributed by atoms with Gasteiger partial charge in [-0.1, -0.05) is 42.0 Å². The minimum atomic E-state index is -0.366. The number of methoxy groups -OCH3 is 3. The molecule has 1 heterocycles. The Hall–Kier alpha value is -4.06. The third-order valence-corrected chi connectivity index (χ3v) is 5.69. The lowest BCUT2D eigenvalue weighted by atomic mass is 9.95. The second kappa shape index (κ2) is 9.20. The van der Waals surface area contributed by atoms with Crippen molar-refractivity contribution in [3.63, 3.8) is 0 Å². The van der Waals surface area contributed by atoms with Gasteiger partial charge in [0.25, 0.3) is 11.8 Å². The molecule has 1 aliphatic rings. The van der Waals surface area contributed by atoms with Crippen molar-refractivity contribution in [2.24, 2.45) is 0 Å². The van der Waals surface area contributed by atoms with Crippen molar-refractivity contribution >= 4 is 23.0 Å². The molecule has 2 amide bonds. The first-order valence-corrected chi connectivity index (χ1v) is 10.5. The summed E-state index contributed by atoms with van der Waals surface area (Å²) in [7, 11) is 4.68. The molecule has 0 saturated heterocycles. The number of benzene rings is 3. The van der Waals surface area contributed by atoms with Crippen molar-refractivity contribution < 1.29 is 23.8 Å². The summed E-state index contributed by atoms with van der Waals surface area (Å²) in [6, 6.07) is 20.1. The molecule has 3 aromatic carbocycles. The van der Waals surface area contributed by atoms with Gasteiger partial charge in [0.15, 0.2) is 0 Å². The van der Waals surface area contributed by atoms with Gasteiger partial charge < -0.3 is 14.2 Å². The highest BCUT2D eigenvalue weighted by atomic mass is 16.5. The first-order chi connectivity index (χ1) is 16.0. The van der Waals surface area contributed by atoms with Crippen LogP contribution in [0, 0.1) is 6.92 Å². The van der Waals surface area contributed by atoms with E-state index in [-0.39, 0.29) is 18.4 Å². The summed E-state index contributed by atoms with van der Waals surface area (Å²) in [5.74, 6) is 1.06. The molecule has 0 radical (unpaired) electrons. The lowest BCUT2D eigenvalue weighted by Gasteiger charge is -2.16. The zero-order valence-electron chi connectivity index (χ0n) is 19.0. The zero-order valence-corrected chi connectivity index (χ0v) is 19.0. The predicted molar refractivity (Wildman–Crippen MR) is 126 cm³/mol. The molecule has 0 atom stereocenters. The second-order valence-electron chi connectivity index (χ2n) is 7.73. The Morgan fingerprint density at radius 3 is 1.91 bits per heavy atom. The van der Waals surface area contributed by atoms with E-state index >= 15 is 0 Å². The van der Waals surface area contributed by atoms with Crippen LogP contribution in [-0.4, -0.2) is 38.0 Å². The number of aryl methyl sites for hydroxylation is 1. The fourth-order valence-electron chi connectivity index (χ4n) is 3.88. The normalized spacial score (nSPS) is 13.5. The fraction of sp³-hybridized carbons (Fsp3) is 0.185. The molecule has 168 valence electrons. The lowest BCUT2D eigenvalue weighted by Crippen LogP contribution is -2.31. The molecule has 6 nitrogen and oxygen atoms in total. The first kappa shape index (κ1) is 22.1. The molecule has 0 fully saturated rings. The number of amides is 2. The Morgan fingerprint density at radius 1 is 0.697 bits per heavy atom. The maximum atomic E-state index is 13.7. The highest BCUT2D eigenvalue weighted by Crippen LogP contribution is 2.41. The smallest absolute Gasteiger partial charge is 0.262 e. The Bertz CT molecular complexity index is 1230. The summed E-state index contributed by atoms with van der Waals surface area (Å²) < 4.78 is 16.1. The molecule has 6 heteroatoms. The van der Waals surface area contributed by atoms with Crippen LogP contribution in [0.25, 0.3) is 11.1 Å². The van der Waals surface area contributed by atoms with Gasteiger partial charge in [-0.05, 0) is 42.3 Å². The van der Waals surface area contributed by atoms with E-state index in [2.05, 4.69) is 0 Å². The van der Waals surface area contributed by atoms with Crippen LogP contribution in [0.3, 0.4) is 0 Å². The topological polar surface area (TPSA) is 65.1 Å². The number of rotatable bonds is 7. The molecule has 0 aromatic heterocycles. The Morgan fingerprint density at radius 2 is 1.30 bits per heavy atom. The van der Waals surface area contributed by atoms with Gasteiger partial charge in [0.2, 0.25) is 0 Å². The Balaban J connectivity index is 1.82. The summed E-state index contributed by atoms with van der Waals surface area (Å²) in [5, 5.41) is 0. The summed E-state index contributed by atoms with van der Waals surface area (Å²) in [6.07, 6.45) is 0. The van der Waals surface area contributed by atoms with Gasteiger partial charge in [-0.2, -0.15) is 0 Å². The molecule has 4 rings (SSSR count). The average molecular weight is 443 g/mol. The molecule has 0 bridgehead atoms. The third-order valence-electron chi connectivity index (χ3n) is 5.69. The molecule has 0 N–H and O–H groups in total. The van der Waals surface area contributed by atoms with Crippen LogP contribution in [0.2, 0.25) is 0 Å². The van der Waals surface area contributed by atoms with Crippen molar-refractivity contribution in [3.05, 3.63) is 89.0 Å². The number of ether oxygens (including phenoxy) is 3. The number of nitrogens with zero attached hydrogens (tertiary/aromatic N) is 1. The van der Waals surface area contributed by atoms with Crippen molar-refractivity contribution in [3.8, 4) is 17.2 Å². The summed E-state index contributed by atoms with van der Waals surface area (Å²) in [5.41, 5.74) is 3.79. The van der Waals surface area contributed by atoms with Gasteiger partial charge in [-0.3, -0.25) is 14.5 Å². The van der Waals surface area contributed by atoms with Crippen LogP contribution in [-0.2, 0) is 16.1 Å². The number of hydrogen-bond acceptors (Lipinski definition) is 5. The second-order valence-corrected chi connectivity index (χ2v) is 7.73. The maximum Gasteiger partial charge on any atom is 0.262 e. The van der Waals surface area contributed by atoms with Crippen molar-refractivity contribution in [1.29, 1.82) is 0 Å². The SMILES string of the molecule is COc1ccc(CN2C(=O)C(c3ccc(C)cc3)=C(c3ccc(OC)cc3OC)C2=O)cc1. The third kappa shape index (κ3) is 4.20.